The van der Waals surface area contributed by atoms with E-state index in [9.17, 15) is 4.79 Å². The molecule has 0 fully saturated rings. The highest BCUT2D eigenvalue weighted by Gasteiger charge is 2.20. The molecule has 3 rings (SSSR count). The van der Waals surface area contributed by atoms with E-state index in [1.165, 1.54) is 17.3 Å². The van der Waals surface area contributed by atoms with Crippen molar-refractivity contribution in [2.75, 3.05) is 5.32 Å². The molecule has 0 saturated carbocycles. The summed E-state index contributed by atoms with van der Waals surface area (Å²) in [4.78, 5) is 17.5. The average Bonchev–Trinajstić information content (AvgIpc) is 2.99. The minimum atomic E-state index is -0.322. The van der Waals surface area contributed by atoms with Crippen molar-refractivity contribution >= 4 is 34.4 Å². The molecule has 1 unspecified atom stereocenters. The summed E-state index contributed by atoms with van der Waals surface area (Å²) in [5.41, 5.74) is 6.04. The number of rotatable bonds is 6. The number of imidazole rings is 1. The van der Waals surface area contributed by atoms with Gasteiger partial charge in [0.05, 0.1) is 28.8 Å². The molecule has 28 heavy (non-hydrogen) atoms. The molecule has 0 aliphatic heterocycles. The second-order valence-corrected chi connectivity index (χ2v) is 8.27. The van der Waals surface area contributed by atoms with E-state index in [1.807, 2.05) is 49.6 Å². The Bertz CT molecular complexity index is 1040. The zero-order chi connectivity index (χ0) is 20.3. The van der Waals surface area contributed by atoms with Gasteiger partial charge in [-0.15, -0.1) is 0 Å². The molecule has 1 heterocycles. The molecule has 0 aliphatic carbocycles. The van der Waals surface area contributed by atoms with Gasteiger partial charge in [0.2, 0.25) is 5.91 Å². The first-order valence-corrected chi connectivity index (χ1v) is 10.2. The molecule has 0 saturated heterocycles. The Hall–Kier alpha value is -2.78. The van der Waals surface area contributed by atoms with E-state index >= 15 is 0 Å². The molecule has 2 aromatic carbocycles. The van der Waals surface area contributed by atoms with Gasteiger partial charge in [0.25, 0.3) is 0 Å². The van der Waals surface area contributed by atoms with Gasteiger partial charge >= 0.3 is 0 Å². The maximum Gasteiger partial charge on any atom is 0.237 e. The number of aryl methyl sites for hydroxylation is 4. The van der Waals surface area contributed by atoms with Crippen molar-refractivity contribution in [2.24, 2.45) is 0 Å². The number of hydrogen-bond donors (Lipinski definition) is 1. The lowest BCUT2D eigenvalue weighted by molar-refractivity contribution is -0.115. The normalized spacial score (nSPS) is 12.0. The maximum atomic E-state index is 12.8. The van der Waals surface area contributed by atoms with Gasteiger partial charge in [-0.1, -0.05) is 41.6 Å². The molecule has 1 N–H and O–H groups in total. The monoisotopic (exact) mass is 392 g/mol. The number of hydrogen-bond acceptors (Lipinski definition) is 4. The minimum absolute atomic E-state index is 0.0565. The zero-order valence-corrected chi connectivity index (χ0v) is 17.4. The summed E-state index contributed by atoms with van der Waals surface area (Å²) in [6.07, 6.45) is 0.399. The molecular formula is C22H24N4OS. The summed E-state index contributed by atoms with van der Waals surface area (Å²) in [7, 11) is 0. The highest BCUT2D eigenvalue weighted by molar-refractivity contribution is 8.00. The standard InChI is InChI=1S/C22H24N4OS/c1-14-12-15(2)20(16(3)13-14)25-21(27)17(4)28-22-24-18-8-5-6-9-19(18)26(22)11-7-10-23/h5-6,8-9,12-13,17H,7,11H2,1-4H3,(H,25,27). The molecular weight excluding hydrogens is 368 g/mol. The summed E-state index contributed by atoms with van der Waals surface area (Å²) in [6, 6.07) is 14.2. The highest BCUT2D eigenvalue weighted by Crippen LogP contribution is 2.29. The number of carbonyl (C=O) groups excluding carboxylic acids is 1. The molecule has 1 atom stereocenters. The number of anilines is 1. The highest BCUT2D eigenvalue weighted by atomic mass is 32.2. The van der Waals surface area contributed by atoms with Crippen molar-refractivity contribution in [1.82, 2.24) is 9.55 Å². The largest absolute Gasteiger partial charge is 0.325 e. The van der Waals surface area contributed by atoms with Crippen LogP contribution in [0.1, 0.15) is 30.0 Å². The fraction of sp³-hybridized carbons (Fsp3) is 0.318. The van der Waals surface area contributed by atoms with Crippen molar-refractivity contribution < 1.29 is 4.79 Å². The lowest BCUT2D eigenvalue weighted by Crippen LogP contribution is -2.24. The smallest absolute Gasteiger partial charge is 0.237 e. The Kier molecular flexibility index (Phi) is 6.05. The van der Waals surface area contributed by atoms with Crippen LogP contribution in [-0.4, -0.2) is 20.7 Å². The van der Waals surface area contributed by atoms with Crippen LogP contribution in [0.2, 0.25) is 0 Å². The summed E-state index contributed by atoms with van der Waals surface area (Å²) in [6.45, 7) is 8.51. The molecule has 0 spiro atoms. The summed E-state index contributed by atoms with van der Waals surface area (Å²) in [5, 5.41) is 12.5. The fourth-order valence-electron chi connectivity index (χ4n) is 3.33. The van der Waals surface area contributed by atoms with Gasteiger partial charge in [-0.05, 0) is 51.0 Å². The Morgan fingerprint density at radius 2 is 1.93 bits per heavy atom. The van der Waals surface area contributed by atoms with Crippen molar-refractivity contribution in [2.45, 2.75) is 51.1 Å². The van der Waals surface area contributed by atoms with E-state index in [4.69, 9.17) is 5.26 Å². The third kappa shape index (κ3) is 4.20. The lowest BCUT2D eigenvalue weighted by Gasteiger charge is -2.16. The zero-order valence-electron chi connectivity index (χ0n) is 16.6. The first-order chi connectivity index (χ1) is 13.4. The van der Waals surface area contributed by atoms with Crippen molar-refractivity contribution in [3.8, 4) is 6.07 Å². The number of amides is 1. The van der Waals surface area contributed by atoms with E-state index in [2.05, 4.69) is 35.4 Å². The Morgan fingerprint density at radius 1 is 1.25 bits per heavy atom. The molecule has 0 radical (unpaired) electrons. The second kappa shape index (κ2) is 8.49. The van der Waals surface area contributed by atoms with Crippen LogP contribution < -0.4 is 5.32 Å². The van der Waals surface area contributed by atoms with Gasteiger partial charge in [0.1, 0.15) is 0 Å². The molecule has 1 aromatic heterocycles. The number of nitrogens with one attached hydrogen (secondary N) is 1. The third-order valence-electron chi connectivity index (χ3n) is 4.64. The van der Waals surface area contributed by atoms with Crippen LogP contribution >= 0.6 is 11.8 Å². The quantitative estimate of drug-likeness (QED) is 0.600. The number of aromatic nitrogens is 2. The molecule has 0 bridgehead atoms. The van der Waals surface area contributed by atoms with Crippen LogP contribution in [0.5, 0.6) is 0 Å². The van der Waals surface area contributed by atoms with Crippen molar-refractivity contribution in [3.05, 3.63) is 53.1 Å². The van der Waals surface area contributed by atoms with E-state index in [0.717, 1.165) is 33.0 Å². The number of thioether (sulfide) groups is 1. The number of nitrogens with zero attached hydrogens (tertiary/aromatic N) is 3. The predicted octanol–water partition coefficient (Wildman–Crippen LogP) is 4.99. The molecule has 144 valence electrons. The molecule has 1 amide bonds. The minimum Gasteiger partial charge on any atom is -0.325 e. The van der Waals surface area contributed by atoms with Crippen LogP contribution in [0.3, 0.4) is 0 Å². The number of fused-ring (bicyclic) bond motifs is 1. The molecule has 5 nitrogen and oxygen atoms in total. The van der Waals surface area contributed by atoms with E-state index in [-0.39, 0.29) is 11.2 Å². The van der Waals surface area contributed by atoms with Gasteiger partial charge in [-0.2, -0.15) is 5.26 Å². The maximum absolute atomic E-state index is 12.8. The van der Waals surface area contributed by atoms with Gasteiger partial charge in [-0.25, -0.2) is 4.98 Å². The lowest BCUT2D eigenvalue weighted by atomic mass is 10.1. The number of nitriles is 1. The number of carbonyl (C=O) groups is 1. The van der Waals surface area contributed by atoms with Crippen LogP contribution in [0.15, 0.2) is 41.6 Å². The molecule has 0 aliphatic rings. The number of benzene rings is 2. The van der Waals surface area contributed by atoms with Crippen LogP contribution in [-0.2, 0) is 11.3 Å². The van der Waals surface area contributed by atoms with Gasteiger partial charge in [0.15, 0.2) is 5.16 Å². The topological polar surface area (TPSA) is 70.7 Å². The van der Waals surface area contributed by atoms with Crippen LogP contribution in [0.4, 0.5) is 5.69 Å². The SMILES string of the molecule is Cc1cc(C)c(NC(=O)C(C)Sc2nc3ccccc3n2CCC#N)c(C)c1. The number of para-hydroxylation sites is 2. The van der Waals surface area contributed by atoms with Gasteiger partial charge < -0.3 is 9.88 Å². The van der Waals surface area contributed by atoms with Crippen LogP contribution in [0.25, 0.3) is 11.0 Å². The van der Waals surface area contributed by atoms with Gasteiger partial charge in [0, 0.05) is 12.2 Å². The summed E-state index contributed by atoms with van der Waals surface area (Å²) < 4.78 is 2.02. The van der Waals surface area contributed by atoms with E-state index in [1.54, 1.807) is 0 Å². The fourth-order valence-corrected chi connectivity index (χ4v) is 4.29. The Labute approximate surface area is 169 Å². The van der Waals surface area contributed by atoms with Crippen molar-refractivity contribution in [1.29, 1.82) is 5.26 Å². The van der Waals surface area contributed by atoms with Crippen molar-refractivity contribution in [3.63, 3.8) is 0 Å². The van der Waals surface area contributed by atoms with Gasteiger partial charge in [-0.3, -0.25) is 4.79 Å². The van der Waals surface area contributed by atoms with E-state index < -0.39 is 0 Å². The average molecular weight is 393 g/mol. The Morgan fingerprint density at radius 3 is 2.61 bits per heavy atom. The summed E-state index contributed by atoms with van der Waals surface area (Å²) in [5.74, 6) is -0.0565. The first kappa shape index (κ1) is 20.0. The first-order valence-electron chi connectivity index (χ1n) is 9.28. The molecule has 6 heteroatoms. The second-order valence-electron chi connectivity index (χ2n) is 6.97. The van der Waals surface area contributed by atoms with E-state index in [0.29, 0.717) is 13.0 Å². The Balaban J connectivity index is 1.82. The third-order valence-corrected chi connectivity index (χ3v) is 5.73. The summed E-state index contributed by atoms with van der Waals surface area (Å²) >= 11 is 1.42. The predicted molar refractivity (Wildman–Crippen MR) is 115 cm³/mol. The van der Waals surface area contributed by atoms with Crippen LogP contribution in [0, 0.1) is 32.1 Å². The molecule has 3 aromatic rings.